The largest absolute Gasteiger partial charge is 0.417 e. The fourth-order valence-electron chi connectivity index (χ4n) is 5.32. The summed E-state index contributed by atoms with van der Waals surface area (Å²) in [4.78, 5) is 29.3. The molecule has 1 aliphatic carbocycles. The smallest absolute Gasteiger partial charge is 0.328 e. The lowest BCUT2D eigenvalue weighted by Gasteiger charge is -2.44. The van der Waals surface area contributed by atoms with Crippen molar-refractivity contribution in [3.05, 3.63) is 88.5 Å². The molecule has 1 unspecified atom stereocenters. The van der Waals surface area contributed by atoms with Gasteiger partial charge in [0, 0.05) is 22.6 Å². The first-order valence-corrected chi connectivity index (χ1v) is 13.2. The summed E-state index contributed by atoms with van der Waals surface area (Å²) in [5.41, 5.74) is -5.15. The number of nitriles is 2. The van der Waals surface area contributed by atoms with Gasteiger partial charge in [0.15, 0.2) is 5.50 Å². The number of rotatable bonds is 4. The summed E-state index contributed by atoms with van der Waals surface area (Å²) >= 11 is 4.60. The van der Waals surface area contributed by atoms with Gasteiger partial charge < -0.3 is 10.2 Å². The Hall–Kier alpha value is -4.69. The summed E-state index contributed by atoms with van der Waals surface area (Å²) in [5, 5.41) is 20.7. The average Bonchev–Trinajstić information content (AvgIpc) is 3.18. The highest BCUT2D eigenvalue weighted by Gasteiger charge is 2.60. The van der Waals surface area contributed by atoms with Gasteiger partial charge in [-0.3, -0.25) is 14.5 Å². The van der Waals surface area contributed by atoms with Gasteiger partial charge in [-0.25, -0.2) is 0 Å². The number of hydrogen-bond acceptors (Lipinski definition) is 6. The Morgan fingerprint density at radius 2 is 1.47 bits per heavy atom. The molecule has 0 aromatic heterocycles. The number of carbonyl (C=O) groups excluding carboxylic acids is 2. The Morgan fingerprint density at radius 1 is 0.860 bits per heavy atom. The van der Waals surface area contributed by atoms with Crippen molar-refractivity contribution in [2.75, 3.05) is 15.1 Å². The summed E-state index contributed by atoms with van der Waals surface area (Å²) in [6.07, 6.45) is -8.04. The second-order valence-corrected chi connectivity index (χ2v) is 10.4. The van der Waals surface area contributed by atoms with Crippen molar-refractivity contribution < 1.29 is 35.9 Å². The van der Waals surface area contributed by atoms with Gasteiger partial charge in [-0.15, -0.1) is 12.6 Å². The first kappa shape index (κ1) is 29.8. The van der Waals surface area contributed by atoms with E-state index in [4.69, 9.17) is 10.5 Å². The van der Waals surface area contributed by atoms with Crippen LogP contribution in [0.1, 0.15) is 51.9 Å². The fourth-order valence-corrected chi connectivity index (χ4v) is 5.91. The molecule has 2 aliphatic rings. The number of alkyl halides is 6. The number of hydrogen-bond donors (Lipinski definition) is 2. The maximum Gasteiger partial charge on any atom is 0.417 e. The highest BCUT2D eigenvalue weighted by atomic mass is 32.1. The molecular formula is C29H19F6N5O2S. The molecule has 43 heavy (non-hydrogen) atoms. The fraction of sp³-hybridized carbons (Fsp3) is 0.241. The second kappa shape index (κ2) is 10.5. The lowest BCUT2D eigenvalue weighted by molar-refractivity contribution is -0.138. The number of thiol groups is 1. The number of nitrogens with zero attached hydrogens (tertiary/aromatic N) is 4. The van der Waals surface area contributed by atoms with Crippen molar-refractivity contribution in [1.29, 1.82) is 10.5 Å². The lowest BCUT2D eigenvalue weighted by atomic mass is 9.75. The van der Waals surface area contributed by atoms with Crippen LogP contribution in [0.25, 0.3) is 0 Å². The lowest BCUT2D eigenvalue weighted by Crippen LogP contribution is -2.55. The first-order chi connectivity index (χ1) is 20.2. The molecule has 2 fully saturated rings. The van der Waals surface area contributed by atoms with Gasteiger partial charge in [0.2, 0.25) is 0 Å². The molecule has 3 aromatic carbocycles. The van der Waals surface area contributed by atoms with Crippen LogP contribution in [0.4, 0.5) is 43.4 Å². The van der Waals surface area contributed by atoms with Gasteiger partial charge in [0.1, 0.15) is 5.54 Å². The van der Waals surface area contributed by atoms with E-state index < -0.39 is 57.5 Å². The standard InChI is InChI=1S/C29H19F6N5O2S/c30-28(31,32)22-9-5-19(12-18(22)15-37)38-24(41)16-2-6-20(7-3-16)40-26(43)39(25(42)27(40)10-1-11-27)21-8-4-17(14-36)23(13-21)29(33,34)35/h2-9,12-13,26,43H,1,10-11H2,(H,38,41). The molecule has 1 N–H and O–H groups in total. The van der Waals surface area contributed by atoms with Gasteiger partial charge in [0.25, 0.3) is 11.8 Å². The van der Waals surface area contributed by atoms with Crippen LogP contribution in [0.2, 0.25) is 0 Å². The van der Waals surface area contributed by atoms with Gasteiger partial charge in [-0.2, -0.15) is 36.9 Å². The van der Waals surface area contributed by atoms with E-state index in [2.05, 4.69) is 17.9 Å². The van der Waals surface area contributed by atoms with Crippen LogP contribution in [0.5, 0.6) is 0 Å². The molecule has 1 aliphatic heterocycles. The first-order valence-electron chi connectivity index (χ1n) is 12.7. The Balaban J connectivity index is 1.41. The highest BCUT2D eigenvalue weighted by molar-refractivity contribution is 7.81. The van der Waals surface area contributed by atoms with Crippen molar-refractivity contribution in [2.24, 2.45) is 0 Å². The van der Waals surface area contributed by atoms with Crippen molar-refractivity contribution in [3.8, 4) is 12.1 Å². The number of nitrogens with one attached hydrogen (secondary N) is 1. The number of anilines is 3. The average molecular weight is 616 g/mol. The number of benzene rings is 3. The van der Waals surface area contributed by atoms with Crippen molar-refractivity contribution >= 4 is 41.5 Å². The zero-order chi connectivity index (χ0) is 31.3. The molecule has 1 spiro atoms. The summed E-state index contributed by atoms with van der Waals surface area (Å²) in [5.74, 6) is -1.12. The number of carbonyl (C=O) groups is 2. The second-order valence-electron chi connectivity index (χ2n) is 9.99. The molecule has 0 bridgehead atoms. The van der Waals surface area contributed by atoms with Crippen molar-refractivity contribution in [2.45, 2.75) is 42.7 Å². The van der Waals surface area contributed by atoms with Crippen LogP contribution in [0.15, 0.2) is 60.7 Å². The summed E-state index contributed by atoms with van der Waals surface area (Å²) in [6, 6.07) is 14.5. The SMILES string of the molecule is N#Cc1cc(NC(=O)c2ccc(N3C(S)N(c4ccc(C#N)c(C(F)(F)F)c4)C(=O)C34CCC4)cc2)ccc1C(F)(F)F. The maximum atomic E-state index is 13.7. The van der Waals surface area contributed by atoms with E-state index in [-0.39, 0.29) is 16.9 Å². The van der Waals surface area contributed by atoms with E-state index >= 15 is 0 Å². The number of halogens is 6. The molecular weight excluding hydrogens is 596 g/mol. The van der Waals surface area contributed by atoms with Crippen LogP contribution in [0.3, 0.4) is 0 Å². The zero-order valence-corrected chi connectivity index (χ0v) is 22.7. The van der Waals surface area contributed by atoms with E-state index in [1.54, 1.807) is 4.90 Å². The highest BCUT2D eigenvalue weighted by Crippen LogP contribution is 2.50. The van der Waals surface area contributed by atoms with Crippen LogP contribution in [0, 0.1) is 22.7 Å². The normalized spacial score (nSPS) is 17.8. The summed E-state index contributed by atoms with van der Waals surface area (Å²) in [7, 11) is 0. The Bertz CT molecular complexity index is 1700. The molecule has 1 heterocycles. The van der Waals surface area contributed by atoms with Gasteiger partial charge in [-0.1, -0.05) is 0 Å². The van der Waals surface area contributed by atoms with Crippen LogP contribution >= 0.6 is 12.6 Å². The Labute approximate surface area is 246 Å². The third-order valence-corrected chi connectivity index (χ3v) is 8.00. The molecule has 220 valence electrons. The minimum absolute atomic E-state index is 0.0242. The minimum atomic E-state index is -4.82. The third kappa shape index (κ3) is 5.12. The molecule has 2 amide bonds. The van der Waals surface area contributed by atoms with E-state index in [0.717, 1.165) is 29.2 Å². The zero-order valence-electron chi connectivity index (χ0n) is 21.8. The maximum absolute atomic E-state index is 13.7. The Kier molecular flexibility index (Phi) is 7.30. The van der Waals surface area contributed by atoms with Crippen molar-refractivity contribution in [1.82, 2.24) is 0 Å². The molecule has 1 atom stereocenters. The third-order valence-electron chi connectivity index (χ3n) is 7.54. The molecule has 5 rings (SSSR count). The van der Waals surface area contributed by atoms with Crippen LogP contribution in [-0.4, -0.2) is 22.9 Å². The predicted molar refractivity (Wildman–Crippen MR) is 146 cm³/mol. The van der Waals surface area contributed by atoms with Gasteiger partial charge in [-0.05, 0) is 79.9 Å². The molecule has 14 heteroatoms. The Morgan fingerprint density at radius 3 is 2.00 bits per heavy atom. The quantitative estimate of drug-likeness (QED) is 0.251. The van der Waals surface area contributed by atoms with Crippen LogP contribution in [-0.2, 0) is 17.1 Å². The number of amides is 2. The van der Waals surface area contributed by atoms with E-state index in [1.165, 1.54) is 42.5 Å². The topological polar surface area (TPSA) is 100 Å². The van der Waals surface area contributed by atoms with Crippen LogP contribution < -0.4 is 15.1 Å². The van der Waals surface area contributed by atoms with Gasteiger partial charge in [0.05, 0.1) is 34.4 Å². The molecule has 1 saturated heterocycles. The van der Waals surface area contributed by atoms with Gasteiger partial charge >= 0.3 is 12.4 Å². The van der Waals surface area contributed by atoms with Crippen molar-refractivity contribution in [3.63, 3.8) is 0 Å². The predicted octanol–water partition coefficient (Wildman–Crippen LogP) is 6.71. The summed E-state index contributed by atoms with van der Waals surface area (Å²) in [6.45, 7) is 0. The van der Waals surface area contributed by atoms with E-state index in [1.807, 2.05) is 0 Å². The van der Waals surface area contributed by atoms with E-state index in [0.29, 0.717) is 31.0 Å². The molecule has 7 nitrogen and oxygen atoms in total. The minimum Gasteiger partial charge on any atom is -0.328 e. The molecule has 0 radical (unpaired) electrons. The monoisotopic (exact) mass is 615 g/mol. The van der Waals surface area contributed by atoms with E-state index in [9.17, 15) is 35.9 Å². The molecule has 3 aromatic rings. The molecule has 1 saturated carbocycles. The summed E-state index contributed by atoms with van der Waals surface area (Å²) < 4.78 is 80.2.